The Kier molecular flexibility index (Phi) is 3.98. The molecule has 0 saturated carbocycles. The Morgan fingerprint density at radius 2 is 2.47 bits per heavy atom. The zero-order valence-corrected chi connectivity index (χ0v) is 10.0. The Bertz CT molecular complexity index is 448. The van der Waals surface area contributed by atoms with Gasteiger partial charge in [0.1, 0.15) is 10.9 Å². The van der Waals surface area contributed by atoms with Crippen LogP contribution in [0.5, 0.6) is 0 Å². The fraction of sp³-hybridized carbons (Fsp3) is 0.364. The molecule has 2 heterocycles. The number of carbonyl (C=O) groups is 1. The predicted octanol–water partition coefficient (Wildman–Crippen LogP) is 0.998. The zero-order chi connectivity index (χ0) is 12.1. The van der Waals surface area contributed by atoms with Gasteiger partial charge in [-0.25, -0.2) is 4.98 Å². The zero-order valence-electron chi connectivity index (χ0n) is 9.22. The number of nitrogens with one attached hydrogen (secondary N) is 1. The summed E-state index contributed by atoms with van der Waals surface area (Å²) in [6.07, 6.45) is 2.69. The standard InChI is InChI=1S/C11H13N3O2S/c15-9(16)7-17-11-8(3-1-4-14-11)10-12-5-2-6-13-10/h1,3-4H,2,5-7H2,(H,12,13)(H,15,16). The molecular weight excluding hydrogens is 238 g/mol. The lowest BCUT2D eigenvalue weighted by Gasteiger charge is -2.16. The highest BCUT2D eigenvalue weighted by molar-refractivity contribution is 7.99. The van der Waals surface area contributed by atoms with Gasteiger partial charge in [-0.05, 0) is 18.6 Å². The highest BCUT2D eigenvalue weighted by Gasteiger charge is 2.13. The van der Waals surface area contributed by atoms with Crippen LogP contribution in [-0.2, 0) is 4.79 Å². The molecule has 0 atom stereocenters. The number of pyridine rings is 1. The van der Waals surface area contributed by atoms with Gasteiger partial charge in [-0.2, -0.15) is 0 Å². The van der Waals surface area contributed by atoms with E-state index in [9.17, 15) is 4.79 Å². The molecule has 0 saturated heterocycles. The van der Waals surface area contributed by atoms with Gasteiger partial charge in [-0.15, -0.1) is 0 Å². The van der Waals surface area contributed by atoms with E-state index in [-0.39, 0.29) is 5.75 Å². The van der Waals surface area contributed by atoms with Crippen LogP contribution in [0.2, 0.25) is 0 Å². The van der Waals surface area contributed by atoms with Crippen molar-refractivity contribution in [1.29, 1.82) is 0 Å². The average molecular weight is 251 g/mol. The van der Waals surface area contributed by atoms with E-state index in [2.05, 4.69) is 15.3 Å². The largest absolute Gasteiger partial charge is 0.481 e. The van der Waals surface area contributed by atoms with Gasteiger partial charge in [0.05, 0.1) is 5.75 Å². The molecule has 0 bridgehead atoms. The molecular formula is C11H13N3O2S. The van der Waals surface area contributed by atoms with Crippen LogP contribution in [0.25, 0.3) is 0 Å². The average Bonchev–Trinajstić information content (AvgIpc) is 2.38. The quantitative estimate of drug-likeness (QED) is 0.781. The number of amidine groups is 1. The van der Waals surface area contributed by atoms with E-state index in [0.717, 1.165) is 30.9 Å². The third-order valence-corrected chi connectivity index (χ3v) is 3.25. The summed E-state index contributed by atoms with van der Waals surface area (Å²) in [5, 5.41) is 12.6. The van der Waals surface area contributed by atoms with E-state index in [1.165, 1.54) is 11.8 Å². The molecule has 1 aromatic heterocycles. The highest BCUT2D eigenvalue weighted by Crippen LogP contribution is 2.20. The van der Waals surface area contributed by atoms with E-state index in [1.54, 1.807) is 6.20 Å². The monoisotopic (exact) mass is 251 g/mol. The van der Waals surface area contributed by atoms with Gasteiger partial charge in [-0.1, -0.05) is 11.8 Å². The number of aliphatic imine (C=N–C) groups is 1. The summed E-state index contributed by atoms with van der Waals surface area (Å²) in [6, 6.07) is 3.74. The van der Waals surface area contributed by atoms with Crippen molar-refractivity contribution in [3.63, 3.8) is 0 Å². The second-order valence-electron chi connectivity index (χ2n) is 3.55. The van der Waals surface area contributed by atoms with Crippen LogP contribution in [0, 0.1) is 0 Å². The maximum absolute atomic E-state index is 10.6. The van der Waals surface area contributed by atoms with Crippen LogP contribution < -0.4 is 5.32 Å². The molecule has 0 amide bonds. The fourth-order valence-electron chi connectivity index (χ4n) is 1.53. The molecule has 0 spiro atoms. The summed E-state index contributed by atoms with van der Waals surface area (Å²) in [5.41, 5.74) is 0.887. The molecule has 0 unspecified atom stereocenters. The third kappa shape index (κ3) is 3.20. The lowest BCUT2D eigenvalue weighted by Crippen LogP contribution is -2.30. The van der Waals surface area contributed by atoms with Gasteiger partial charge in [0.15, 0.2) is 0 Å². The van der Waals surface area contributed by atoms with E-state index in [4.69, 9.17) is 5.11 Å². The number of rotatable bonds is 4. The summed E-state index contributed by atoms with van der Waals surface area (Å²) < 4.78 is 0. The summed E-state index contributed by atoms with van der Waals surface area (Å²) in [5.74, 6) is -0.0144. The van der Waals surface area contributed by atoms with Crippen LogP contribution in [-0.4, -0.2) is 40.7 Å². The van der Waals surface area contributed by atoms with Crippen molar-refractivity contribution in [2.45, 2.75) is 11.4 Å². The molecule has 0 radical (unpaired) electrons. The van der Waals surface area contributed by atoms with Crippen molar-refractivity contribution < 1.29 is 9.90 Å². The molecule has 0 aliphatic carbocycles. The summed E-state index contributed by atoms with van der Waals surface area (Å²) in [6.45, 7) is 1.71. The topological polar surface area (TPSA) is 74.6 Å². The maximum Gasteiger partial charge on any atom is 0.313 e. The Balaban J connectivity index is 2.20. The normalized spacial score (nSPS) is 14.9. The molecule has 6 heteroatoms. The molecule has 2 rings (SSSR count). The minimum Gasteiger partial charge on any atom is -0.481 e. The van der Waals surface area contributed by atoms with E-state index in [0.29, 0.717) is 5.03 Å². The Labute approximate surface area is 103 Å². The van der Waals surface area contributed by atoms with Gasteiger partial charge >= 0.3 is 5.97 Å². The van der Waals surface area contributed by atoms with Crippen molar-refractivity contribution in [1.82, 2.24) is 10.3 Å². The van der Waals surface area contributed by atoms with Crippen LogP contribution in [0.4, 0.5) is 0 Å². The van der Waals surface area contributed by atoms with Gasteiger partial charge < -0.3 is 10.4 Å². The molecule has 17 heavy (non-hydrogen) atoms. The van der Waals surface area contributed by atoms with Crippen molar-refractivity contribution >= 4 is 23.6 Å². The first-order valence-corrected chi connectivity index (χ1v) is 6.34. The minimum absolute atomic E-state index is 0.0112. The molecule has 1 aromatic rings. The van der Waals surface area contributed by atoms with Gasteiger partial charge in [-0.3, -0.25) is 9.79 Å². The third-order valence-electron chi connectivity index (χ3n) is 2.26. The molecule has 0 aromatic carbocycles. The number of hydrogen-bond donors (Lipinski definition) is 2. The van der Waals surface area contributed by atoms with Crippen molar-refractivity contribution in [2.24, 2.45) is 4.99 Å². The minimum atomic E-state index is -0.842. The molecule has 0 fully saturated rings. The van der Waals surface area contributed by atoms with Crippen molar-refractivity contribution in [2.75, 3.05) is 18.8 Å². The first kappa shape index (κ1) is 11.9. The predicted molar refractivity (Wildman–Crippen MR) is 66.6 cm³/mol. The maximum atomic E-state index is 10.6. The fourth-order valence-corrected chi connectivity index (χ4v) is 2.24. The number of aromatic nitrogens is 1. The second kappa shape index (κ2) is 5.67. The van der Waals surface area contributed by atoms with Crippen LogP contribution in [0.3, 0.4) is 0 Å². The number of aliphatic carboxylic acids is 1. The van der Waals surface area contributed by atoms with Crippen molar-refractivity contribution in [3.8, 4) is 0 Å². The summed E-state index contributed by atoms with van der Waals surface area (Å²) >= 11 is 1.22. The molecule has 2 N–H and O–H groups in total. The van der Waals surface area contributed by atoms with E-state index in [1.807, 2.05) is 12.1 Å². The second-order valence-corrected chi connectivity index (χ2v) is 4.51. The number of carboxylic acid groups (broad SMARTS) is 1. The van der Waals surface area contributed by atoms with Gasteiger partial charge in [0.2, 0.25) is 0 Å². The van der Waals surface area contributed by atoms with Crippen LogP contribution in [0.15, 0.2) is 28.3 Å². The molecule has 90 valence electrons. The molecule has 1 aliphatic rings. The molecule has 1 aliphatic heterocycles. The van der Waals surface area contributed by atoms with Gasteiger partial charge in [0.25, 0.3) is 0 Å². The number of nitrogens with zero attached hydrogens (tertiary/aromatic N) is 2. The first-order chi connectivity index (χ1) is 8.27. The summed E-state index contributed by atoms with van der Waals surface area (Å²) in [7, 11) is 0. The van der Waals surface area contributed by atoms with Crippen LogP contribution >= 0.6 is 11.8 Å². The number of thioether (sulfide) groups is 1. The summed E-state index contributed by atoms with van der Waals surface area (Å²) in [4.78, 5) is 19.2. The first-order valence-electron chi connectivity index (χ1n) is 5.35. The van der Waals surface area contributed by atoms with E-state index >= 15 is 0 Å². The number of carboxylic acids is 1. The highest BCUT2D eigenvalue weighted by atomic mass is 32.2. The number of hydrogen-bond acceptors (Lipinski definition) is 5. The van der Waals surface area contributed by atoms with Crippen LogP contribution in [0.1, 0.15) is 12.0 Å². The Morgan fingerprint density at radius 3 is 3.18 bits per heavy atom. The smallest absolute Gasteiger partial charge is 0.313 e. The lowest BCUT2D eigenvalue weighted by molar-refractivity contribution is -0.133. The lowest BCUT2D eigenvalue weighted by atomic mass is 10.2. The van der Waals surface area contributed by atoms with Crippen molar-refractivity contribution in [3.05, 3.63) is 23.9 Å². The Morgan fingerprint density at radius 1 is 1.59 bits per heavy atom. The molecule has 5 nitrogen and oxygen atoms in total. The SMILES string of the molecule is O=C(O)CSc1ncccc1C1=NCCCN1. The Hall–Kier alpha value is -1.56. The van der Waals surface area contributed by atoms with Gasteiger partial charge in [0, 0.05) is 24.8 Å². The van der Waals surface area contributed by atoms with E-state index < -0.39 is 5.97 Å².